The first kappa shape index (κ1) is 14.2. The van der Waals surface area contributed by atoms with Crippen molar-refractivity contribution in [2.24, 2.45) is 0 Å². The monoisotopic (exact) mass is 235 g/mol. The molecule has 15 heavy (non-hydrogen) atoms. The van der Waals surface area contributed by atoms with Crippen LogP contribution in [0.3, 0.4) is 0 Å². The number of hydrogen-bond donors (Lipinski definition) is 2. The maximum atomic E-state index is 11.1. The van der Waals surface area contributed by atoms with Gasteiger partial charge < -0.3 is 9.84 Å². The van der Waals surface area contributed by atoms with Gasteiger partial charge in [-0.2, -0.15) is 0 Å². The fourth-order valence-electron chi connectivity index (χ4n) is 0.663. The predicted octanol–water partition coefficient (Wildman–Crippen LogP) is 0.762. The molecule has 0 aliphatic heterocycles. The molecule has 0 rings (SSSR count). The van der Waals surface area contributed by atoms with Crippen molar-refractivity contribution in [1.82, 2.24) is 5.32 Å². The molecule has 0 aliphatic rings. The summed E-state index contributed by atoms with van der Waals surface area (Å²) in [6, 6.07) is 0. The number of carbonyl (C=O) groups excluding carboxylic acids is 2. The van der Waals surface area contributed by atoms with Crippen molar-refractivity contribution in [2.75, 3.05) is 12.4 Å². The molecule has 5 nitrogen and oxygen atoms in total. The Morgan fingerprint density at radius 1 is 1.47 bits per heavy atom. The molecule has 0 saturated heterocycles. The summed E-state index contributed by atoms with van der Waals surface area (Å²) in [6.07, 6.45) is -1.21. The Kier molecular flexibility index (Phi) is 7.15. The molecule has 2 N–H and O–H groups in total. The minimum atomic E-state index is -0.729. The molecule has 0 aromatic heterocycles. The van der Waals surface area contributed by atoms with Crippen LogP contribution in [0.25, 0.3) is 0 Å². The normalized spacial score (nSPS) is 14.1. The van der Waals surface area contributed by atoms with Crippen molar-refractivity contribution in [3.63, 3.8) is 0 Å². The van der Waals surface area contributed by atoms with E-state index in [1.807, 2.05) is 6.92 Å². The van der Waals surface area contributed by atoms with Gasteiger partial charge in [-0.3, -0.25) is 10.1 Å². The van der Waals surface area contributed by atoms with Gasteiger partial charge in [-0.25, -0.2) is 4.79 Å². The van der Waals surface area contributed by atoms with Crippen LogP contribution in [0.1, 0.15) is 20.8 Å². The third-order valence-corrected chi connectivity index (χ3v) is 3.02. The molecule has 2 amide bonds. The Hall–Kier alpha value is -0.750. The number of rotatable bonds is 5. The molecule has 6 heteroatoms. The lowest BCUT2D eigenvalue weighted by molar-refractivity contribution is -0.117. The summed E-state index contributed by atoms with van der Waals surface area (Å²) < 4.78 is 4.54. The zero-order valence-electron chi connectivity index (χ0n) is 9.15. The summed E-state index contributed by atoms with van der Waals surface area (Å²) >= 11 is 1.28. The van der Waals surface area contributed by atoms with Crippen LogP contribution in [-0.4, -0.2) is 40.8 Å². The summed E-state index contributed by atoms with van der Waals surface area (Å²) in [5.41, 5.74) is 0. The van der Waals surface area contributed by atoms with Gasteiger partial charge in [0.1, 0.15) is 0 Å². The Bertz CT molecular complexity index is 220. The molecule has 0 aromatic rings. The van der Waals surface area contributed by atoms with Crippen molar-refractivity contribution in [3.8, 4) is 0 Å². The van der Waals surface area contributed by atoms with E-state index in [9.17, 15) is 9.59 Å². The van der Waals surface area contributed by atoms with Crippen LogP contribution in [0.2, 0.25) is 0 Å². The van der Waals surface area contributed by atoms with Crippen molar-refractivity contribution >= 4 is 23.8 Å². The minimum Gasteiger partial charge on any atom is -0.450 e. The van der Waals surface area contributed by atoms with Crippen LogP contribution in [0.4, 0.5) is 4.79 Å². The quantitative estimate of drug-likeness (QED) is 0.736. The number of aliphatic hydroxyl groups is 1. The average molecular weight is 235 g/mol. The number of thioether (sulfide) groups is 1. The van der Waals surface area contributed by atoms with Gasteiger partial charge in [-0.1, -0.05) is 6.92 Å². The number of hydrogen-bond acceptors (Lipinski definition) is 5. The van der Waals surface area contributed by atoms with Crippen molar-refractivity contribution in [2.45, 2.75) is 32.1 Å². The Labute approximate surface area is 93.6 Å². The molecular weight excluding hydrogens is 218 g/mol. The molecule has 0 fully saturated rings. The van der Waals surface area contributed by atoms with E-state index in [1.54, 1.807) is 13.8 Å². The SMILES string of the molecule is CCOC(=O)NC(=O)CSC(C)C(C)O. The number of amides is 2. The number of aliphatic hydroxyl groups excluding tert-OH is 1. The molecule has 2 unspecified atom stereocenters. The highest BCUT2D eigenvalue weighted by Crippen LogP contribution is 2.13. The van der Waals surface area contributed by atoms with Gasteiger partial charge in [0.2, 0.25) is 5.91 Å². The van der Waals surface area contributed by atoms with Crippen LogP contribution in [0.15, 0.2) is 0 Å². The highest BCUT2D eigenvalue weighted by molar-refractivity contribution is 8.00. The van der Waals surface area contributed by atoms with E-state index >= 15 is 0 Å². The molecule has 0 spiro atoms. The van der Waals surface area contributed by atoms with E-state index in [0.29, 0.717) is 0 Å². The number of ether oxygens (including phenoxy) is 1. The minimum absolute atomic E-state index is 0.0436. The highest BCUT2D eigenvalue weighted by atomic mass is 32.2. The van der Waals surface area contributed by atoms with E-state index < -0.39 is 18.1 Å². The first-order valence-corrected chi connectivity index (χ1v) is 5.78. The first-order chi connectivity index (χ1) is 6.97. The third kappa shape index (κ3) is 7.21. The third-order valence-electron chi connectivity index (χ3n) is 1.67. The number of imide groups is 1. The lowest BCUT2D eigenvalue weighted by Gasteiger charge is -2.13. The van der Waals surface area contributed by atoms with Gasteiger partial charge in [0, 0.05) is 5.25 Å². The molecule has 0 bridgehead atoms. The fourth-order valence-corrected chi connectivity index (χ4v) is 1.43. The van der Waals surface area contributed by atoms with E-state index in [2.05, 4.69) is 10.1 Å². The van der Waals surface area contributed by atoms with Crippen LogP contribution >= 0.6 is 11.8 Å². The van der Waals surface area contributed by atoms with Gasteiger partial charge in [-0.15, -0.1) is 11.8 Å². The number of carbonyl (C=O) groups is 2. The maximum Gasteiger partial charge on any atom is 0.413 e. The fraction of sp³-hybridized carbons (Fsp3) is 0.778. The maximum absolute atomic E-state index is 11.1. The van der Waals surface area contributed by atoms with Crippen LogP contribution < -0.4 is 5.32 Å². The van der Waals surface area contributed by atoms with E-state index in [-0.39, 0.29) is 17.6 Å². The molecular formula is C9H17NO4S. The smallest absolute Gasteiger partial charge is 0.413 e. The van der Waals surface area contributed by atoms with Crippen LogP contribution in [0.5, 0.6) is 0 Å². The summed E-state index contributed by atoms with van der Waals surface area (Å²) in [4.78, 5) is 22.0. The van der Waals surface area contributed by atoms with Crippen molar-refractivity contribution in [1.29, 1.82) is 0 Å². The molecule has 0 heterocycles. The van der Waals surface area contributed by atoms with Crippen LogP contribution in [-0.2, 0) is 9.53 Å². The molecule has 88 valence electrons. The van der Waals surface area contributed by atoms with E-state index in [0.717, 1.165) is 0 Å². The number of nitrogens with one attached hydrogen (secondary N) is 1. The van der Waals surface area contributed by atoms with E-state index in [1.165, 1.54) is 11.8 Å². The molecule has 2 atom stereocenters. The van der Waals surface area contributed by atoms with E-state index in [4.69, 9.17) is 5.11 Å². The zero-order chi connectivity index (χ0) is 11.8. The zero-order valence-corrected chi connectivity index (χ0v) is 9.97. The highest BCUT2D eigenvalue weighted by Gasteiger charge is 2.13. The van der Waals surface area contributed by atoms with Gasteiger partial charge in [0.25, 0.3) is 0 Å². The lowest BCUT2D eigenvalue weighted by Crippen LogP contribution is -2.33. The Balaban J connectivity index is 3.70. The Morgan fingerprint density at radius 2 is 2.07 bits per heavy atom. The lowest BCUT2D eigenvalue weighted by atomic mass is 10.3. The molecule has 0 saturated carbocycles. The summed E-state index contributed by atoms with van der Waals surface area (Å²) in [5, 5.41) is 11.2. The van der Waals surface area contributed by atoms with Gasteiger partial charge in [-0.05, 0) is 13.8 Å². The molecule has 0 radical (unpaired) electrons. The summed E-state index contributed by atoms with van der Waals surface area (Å²) in [7, 11) is 0. The second-order valence-corrected chi connectivity index (χ2v) is 4.39. The topological polar surface area (TPSA) is 75.6 Å². The second-order valence-electron chi connectivity index (χ2n) is 3.03. The van der Waals surface area contributed by atoms with Gasteiger partial charge in [0.15, 0.2) is 0 Å². The second kappa shape index (κ2) is 7.53. The molecule has 0 aliphatic carbocycles. The molecule has 0 aromatic carbocycles. The van der Waals surface area contributed by atoms with Gasteiger partial charge >= 0.3 is 6.09 Å². The van der Waals surface area contributed by atoms with Crippen molar-refractivity contribution in [3.05, 3.63) is 0 Å². The standard InChI is InChI=1S/C9H17NO4S/c1-4-14-9(13)10-8(12)5-15-7(3)6(2)11/h6-7,11H,4-5H2,1-3H3,(H,10,12,13). The van der Waals surface area contributed by atoms with Gasteiger partial charge in [0.05, 0.1) is 18.5 Å². The van der Waals surface area contributed by atoms with Crippen molar-refractivity contribution < 1.29 is 19.4 Å². The first-order valence-electron chi connectivity index (χ1n) is 4.73. The Morgan fingerprint density at radius 3 is 2.53 bits per heavy atom. The predicted molar refractivity (Wildman–Crippen MR) is 58.8 cm³/mol. The summed E-state index contributed by atoms with van der Waals surface area (Å²) in [5.74, 6) is -0.281. The number of alkyl carbamates (subject to hydrolysis) is 1. The largest absolute Gasteiger partial charge is 0.450 e. The van der Waals surface area contributed by atoms with Crippen LogP contribution in [0, 0.1) is 0 Å². The summed E-state index contributed by atoms with van der Waals surface area (Å²) in [6.45, 7) is 5.36. The average Bonchev–Trinajstić information content (AvgIpc) is 2.14.